The predicted octanol–water partition coefficient (Wildman–Crippen LogP) is 1.24. The van der Waals surface area contributed by atoms with Crippen molar-refractivity contribution in [3.05, 3.63) is 23.8 Å². The van der Waals surface area contributed by atoms with Crippen molar-refractivity contribution in [2.75, 3.05) is 20.8 Å². The van der Waals surface area contributed by atoms with E-state index in [-0.39, 0.29) is 17.6 Å². The first-order valence-corrected chi connectivity index (χ1v) is 6.68. The Kier molecular flexibility index (Phi) is 2.88. The first-order chi connectivity index (χ1) is 9.50. The van der Waals surface area contributed by atoms with Crippen LogP contribution in [-0.4, -0.2) is 38.4 Å². The van der Waals surface area contributed by atoms with Crippen molar-refractivity contribution < 1.29 is 23.8 Å². The third kappa shape index (κ3) is 1.45. The van der Waals surface area contributed by atoms with Gasteiger partial charge in [-0.3, -0.25) is 9.59 Å². The Labute approximate surface area is 117 Å². The van der Waals surface area contributed by atoms with E-state index in [9.17, 15) is 9.59 Å². The fourth-order valence-corrected chi connectivity index (χ4v) is 4.01. The van der Waals surface area contributed by atoms with Crippen LogP contribution in [0, 0.1) is 17.3 Å². The van der Waals surface area contributed by atoms with Gasteiger partial charge in [0.25, 0.3) is 0 Å². The Balaban J connectivity index is 2.23. The maximum atomic E-state index is 12.5. The second kappa shape index (κ2) is 4.27. The van der Waals surface area contributed by atoms with Crippen LogP contribution >= 0.6 is 0 Å². The quantitative estimate of drug-likeness (QED) is 0.432. The van der Waals surface area contributed by atoms with E-state index in [1.807, 2.05) is 6.92 Å². The van der Waals surface area contributed by atoms with E-state index in [1.165, 1.54) is 20.3 Å². The molecule has 3 aliphatic rings. The SMILES string of the molecule is COC(=O)[C@]12CC(C)=C[C@H]3CO[C@](OC)(C=CC1=O)[C@@H]32. The zero-order valence-electron chi connectivity index (χ0n) is 11.8. The summed E-state index contributed by atoms with van der Waals surface area (Å²) in [6, 6.07) is 0. The molecule has 3 rings (SSSR count). The number of rotatable bonds is 2. The van der Waals surface area contributed by atoms with Crippen molar-refractivity contribution in [3.63, 3.8) is 0 Å². The first-order valence-electron chi connectivity index (χ1n) is 6.68. The molecule has 0 N–H and O–H groups in total. The topological polar surface area (TPSA) is 61.8 Å². The second-order valence-corrected chi connectivity index (χ2v) is 5.73. The third-order valence-corrected chi connectivity index (χ3v) is 4.73. The summed E-state index contributed by atoms with van der Waals surface area (Å²) in [6.07, 6.45) is 5.48. The number of carbonyl (C=O) groups excluding carboxylic acids is 2. The first kappa shape index (κ1) is 13.5. The van der Waals surface area contributed by atoms with Gasteiger partial charge in [0.15, 0.2) is 11.6 Å². The number of ether oxygens (including phenoxy) is 3. The van der Waals surface area contributed by atoms with Gasteiger partial charge in [-0.25, -0.2) is 0 Å². The molecule has 1 fully saturated rings. The van der Waals surface area contributed by atoms with Crippen LogP contribution in [0.3, 0.4) is 0 Å². The van der Waals surface area contributed by atoms with Crippen LogP contribution in [0.15, 0.2) is 23.8 Å². The molecule has 0 unspecified atom stereocenters. The monoisotopic (exact) mass is 278 g/mol. The van der Waals surface area contributed by atoms with E-state index in [2.05, 4.69) is 6.08 Å². The molecule has 1 aliphatic heterocycles. The smallest absolute Gasteiger partial charge is 0.320 e. The highest BCUT2D eigenvalue weighted by Crippen LogP contribution is 2.57. The average Bonchev–Trinajstić information content (AvgIpc) is 2.82. The molecule has 1 heterocycles. The highest BCUT2D eigenvalue weighted by atomic mass is 16.7. The van der Waals surface area contributed by atoms with Gasteiger partial charge < -0.3 is 14.2 Å². The molecule has 5 heteroatoms. The maximum absolute atomic E-state index is 12.5. The molecule has 0 aromatic carbocycles. The van der Waals surface area contributed by atoms with Gasteiger partial charge in [-0.15, -0.1) is 0 Å². The number of esters is 1. The number of hydrogen-bond acceptors (Lipinski definition) is 5. The Bertz CT molecular complexity index is 534. The Morgan fingerprint density at radius 2 is 2.20 bits per heavy atom. The Hall–Kier alpha value is -1.46. The van der Waals surface area contributed by atoms with Crippen molar-refractivity contribution in [3.8, 4) is 0 Å². The summed E-state index contributed by atoms with van der Waals surface area (Å²) in [5, 5.41) is 0. The second-order valence-electron chi connectivity index (χ2n) is 5.73. The van der Waals surface area contributed by atoms with E-state index in [1.54, 1.807) is 6.08 Å². The molecule has 1 saturated heterocycles. The minimum Gasteiger partial charge on any atom is -0.468 e. The Morgan fingerprint density at radius 1 is 1.45 bits per heavy atom. The molecule has 0 amide bonds. The summed E-state index contributed by atoms with van der Waals surface area (Å²) in [4.78, 5) is 25.0. The summed E-state index contributed by atoms with van der Waals surface area (Å²) < 4.78 is 16.3. The molecule has 108 valence electrons. The number of hydrogen-bond donors (Lipinski definition) is 0. The van der Waals surface area contributed by atoms with Crippen molar-refractivity contribution >= 4 is 11.8 Å². The van der Waals surface area contributed by atoms with Gasteiger partial charge in [-0.1, -0.05) is 11.6 Å². The molecule has 0 saturated carbocycles. The molecular weight excluding hydrogens is 260 g/mol. The van der Waals surface area contributed by atoms with Crippen molar-refractivity contribution in [2.24, 2.45) is 17.3 Å². The Morgan fingerprint density at radius 3 is 2.85 bits per heavy atom. The molecule has 20 heavy (non-hydrogen) atoms. The van der Waals surface area contributed by atoms with Crippen molar-refractivity contribution in [2.45, 2.75) is 19.1 Å². The van der Waals surface area contributed by atoms with E-state index < -0.39 is 17.2 Å². The molecular formula is C15H18O5. The van der Waals surface area contributed by atoms with E-state index in [4.69, 9.17) is 14.2 Å². The van der Waals surface area contributed by atoms with E-state index in [0.29, 0.717) is 13.0 Å². The molecule has 2 aliphatic carbocycles. The minimum absolute atomic E-state index is 0.0169. The summed E-state index contributed by atoms with van der Waals surface area (Å²) in [5.41, 5.74) is -0.213. The van der Waals surface area contributed by atoms with Gasteiger partial charge in [0, 0.05) is 18.9 Å². The zero-order valence-corrected chi connectivity index (χ0v) is 11.8. The van der Waals surface area contributed by atoms with Gasteiger partial charge in [0.05, 0.1) is 13.7 Å². The fourth-order valence-electron chi connectivity index (χ4n) is 4.01. The summed E-state index contributed by atoms with van der Waals surface area (Å²) in [5.74, 6) is -2.11. The molecule has 5 nitrogen and oxygen atoms in total. The lowest BCUT2D eigenvalue weighted by Crippen LogP contribution is -2.59. The van der Waals surface area contributed by atoms with Crippen LogP contribution in [0.4, 0.5) is 0 Å². The lowest BCUT2D eigenvalue weighted by atomic mass is 9.56. The van der Waals surface area contributed by atoms with Crippen LogP contribution in [0.5, 0.6) is 0 Å². The van der Waals surface area contributed by atoms with Crippen LogP contribution in [0.25, 0.3) is 0 Å². The van der Waals surface area contributed by atoms with Crippen LogP contribution in [0.1, 0.15) is 13.3 Å². The summed E-state index contributed by atoms with van der Waals surface area (Å²) >= 11 is 0. The zero-order chi connectivity index (χ0) is 14.5. The van der Waals surface area contributed by atoms with E-state index in [0.717, 1.165) is 5.57 Å². The lowest BCUT2D eigenvalue weighted by molar-refractivity contribution is -0.212. The average molecular weight is 278 g/mol. The highest BCUT2D eigenvalue weighted by Gasteiger charge is 2.68. The molecule has 4 atom stereocenters. The number of carbonyl (C=O) groups is 2. The van der Waals surface area contributed by atoms with Gasteiger partial charge in [0.2, 0.25) is 0 Å². The fraction of sp³-hybridized carbons (Fsp3) is 0.600. The van der Waals surface area contributed by atoms with Crippen LogP contribution < -0.4 is 0 Å². The molecule has 0 spiro atoms. The summed E-state index contributed by atoms with van der Waals surface area (Å²) in [6.45, 7) is 2.37. The van der Waals surface area contributed by atoms with Crippen LogP contribution in [0.2, 0.25) is 0 Å². The maximum Gasteiger partial charge on any atom is 0.320 e. The number of methoxy groups -OCH3 is 2. The molecule has 0 bridgehead atoms. The molecule has 0 aromatic rings. The largest absolute Gasteiger partial charge is 0.468 e. The number of ketones is 1. The third-order valence-electron chi connectivity index (χ3n) is 4.73. The molecule has 0 radical (unpaired) electrons. The predicted molar refractivity (Wildman–Crippen MR) is 69.6 cm³/mol. The van der Waals surface area contributed by atoms with Gasteiger partial charge >= 0.3 is 5.97 Å². The normalized spacial score (nSPS) is 42.1. The van der Waals surface area contributed by atoms with Crippen LogP contribution in [-0.2, 0) is 23.8 Å². The van der Waals surface area contributed by atoms with Crippen molar-refractivity contribution in [1.82, 2.24) is 0 Å². The minimum atomic E-state index is -1.22. The number of allylic oxidation sites excluding steroid dienone is 2. The van der Waals surface area contributed by atoms with Crippen molar-refractivity contribution in [1.29, 1.82) is 0 Å². The van der Waals surface area contributed by atoms with Gasteiger partial charge in [-0.05, 0) is 25.5 Å². The molecule has 0 aromatic heterocycles. The highest BCUT2D eigenvalue weighted by molar-refractivity contribution is 6.11. The van der Waals surface area contributed by atoms with Gasteiger partial charge in [0.1, 0.15) is 5.41 Å². The van der Waals surface area contributed by atoms with Gasteiger partial charge in [-0.2, -0.15) is 0 Å². The standard InChI is InChI=1S/C15H18O5/c1-9-6-10-8-20-15(19-3)5-4-11(16)14(7-9,12(10)15)13(17)18-2/h4-6,10,12H,7-8H2,1-3H3/t10-,12-,14+,15+/m0/s1. The lowest BCUT2D eigenvalue weighted by Gasteiger charge is -2.47. The van der Waals surface area contributed by atoms with E-state index >= 15 is 0 Å². The summed E-state index contributed by atoms with van der Waals surface area (Å²) in [7, 11) is 2.85.